The van der Waals surface area contributed by atoms with Gasteiger partial charge in [-0.25, -0.2) is 0 Å². The molecule has 16 heavy (non-hydrogen) atoms. The van der Waals surface area contributed by atoms with E-state index in [1.807, 2.05) is 19.9 Å². The van der Waals surface area contributed by atoms with Gasteiger partial charge in [0.25, 0.3) is 0 Å². The fourth-order valence-electron chi connectivity index (χ4n) is 1.37. The smallest absolute Gasteiger partial charge is 0.303 e. The zero-order valence-electron chi connectivity index (χ0n) is 9.56. The zero-order valence-corrected chi connectivity index (χ0v) is 9.56. The van der Waals surface area contributed by atoms with Gasteiger partial charge in [0, 0.05) is 6.42 Å². The molecule has 0 aromatic heterocycles. The Morgan fingerprint density at radius 1 is 1.50 bits per heavy atom. The topological polar surface area (TPSA) is 72.5 Å². The Balaban J connectivity index is 2.70. The van der Waals surface area contributed by atoms with E-state index >= 15 is 0 Å². The molecule has 88 valence electrons. The van der Waals surface area contributed by atoms with Gasteiger partial charge < -0.3 is 15.6 Å². The van der Waals surface area contributed by atoms with Gasteiger partial charge in [-0.3, -0.25) is 4.79 Å². The molecule has 0 spiro atoms. The van der Waals surface area contributed by atoms with Gasteiger partial charge in [0.15, 0.2) is 0 Å². The van der Waals surface area contributed by atoms with Crippen molar-refractivity contribution in [2.75, 3.05) is 5.73 Å². The first-order valence-electron chi connectivity index (χ1n) is 5.26. The third-order valence-electron chi connectivity index (χ3n) is 2.06. The van der Waals surface area contributed by atoms with Crippen LogP contribution in [-0.4, -0.2) is 17.2 Å². The Morgan fingerprint density at radius 2 is 2.19 bits per heavy atom. The van der Waals surface area contributed by atoms with Crippen molar-refractivity contribution in [3.05, 3.63) is 23.8 Å². The van der Waals surface area contributed by atoms with E-state index in [0.29, 0.717) is 17.9 Å². The van der Waals surface area contributed by atoms with Crippen molar-refractivity contribution in [3.63, 3.8) is 0 Å². The van der Waals surface area contributed by atoms with Crippen molar-refractivity contribution < 1.29 is 14.6 Å². The number of anilines is 1. The number of carboxylic acid groups (broad SMARTS) is 1. The summed E-state index contributed by atoms with van der Waals surface area (Å²) in [6.07, 6.45) is 0.679. The van der Waals surface area contributed by atoms with Gasteiger partial charge in [-0.1, -0.05) is 6.07 Å². The Bertz CT molecular complexity index is 375. The van der Waals surface area contributed by atoms with Crippen LogP contribution < -0.4 is 10.5 Å². The standard InChI is InChI=1S/C12H17NO3/c1-8(2)16-11-5-3-9(7-10(11)13)4-6-12(14)15/h3,5,7-8H,4,6,13H2,1-2H3,(H,14,15). The number of benzene rings is 1. The lowest BCUT2D eigenvalue weighted by Crippen LogP contribution is -2.07. The molecule has 4 nitrogen and oxygen atoms in total. The van der Waals surface area contributed by atoms with E-state index < -0.39 is 5.97 Å². The molecule has 0 saturated carbocycles. The van der Waals surface area contributed by atoms with E-state index in [4.69, 9.17) is 15.6 Å². The molecule has 1 aromatic rings. The zero-order chi connectivity index (χ0) is 12.1. The molecule has 0 heterocycles. The summed E-state index contributed by atoms with van der Waals surface area (Å²) in [5, 5.41) is 8.56. The summed E-state index contributed by atoms with van der Waals surface area (Å²) in [6.45, 7) is 3.86. The second-order valence-corrected chi connectivity index (χ2v) is 3.93. The van der Waals surface area contributed by atoms with E-state index in [-0.39, 0.29) is 12.5 Å². The number of ether oxygens (including phenoxy) is 1. The van der Waals surface area contributed by atoms with E-state index in [9.17, 15) is 4.79 Å². The summed E-state index contributed by atoms with van der Waals surface area (Å²) in [5.74, 6) is -0.157. The van der Waals surface area contributed by atoms with Crippen LogP contribution in [0.4, 0.5) is 5.69 Å². The molecule has 0 unspecified atom stereocenters. The Kier molecular flexibility index (Phi) is 4.17. The summed E-state index contributed by atoms with van der Waals surface area (Å²) in [4.78, 5) is 10.4. The maximum atomic E-state index is 10.4. The van der Waals surface area contributed by atoms with Gasteiger partial charge in [-0.2, -0.15) is 0 Å². The molecule has 1 aromatic carbocycles. The SMILES string of the molecule is CC(C)Oc1ccc(CCC(=O)O)cc1N. The predicted molar refractivity (Wildman–Crippen MR) is 62.6 cm³/mol. The van der Waals surface area contributed by atoms with Crippen LogP contribution in [0.15, 0.2) is 18.2 Å². The fraction of sp³-hybridized carbons (Fsp3) is 0.417. The van der Waals surface area contributed by atoms with Crippen LogP contribution in [0.1, 0.15) is 25.8 Å². The first-order valence-corrected chi connectivity index (χ1v) is 5.26. The molecule has 0 bridgehead atoms. The molecule has 0 radical (unpaired) electrons. The maximum Gasteiger partial charge on any atom is 0.303 e. The molecule has 0 atom stereocenters. The minimum Gasteiger partial charge on any atom is -0.489 e. The number of carboxylic acids is 1. The average molecular weight is 223 g/mol. The lowest BCUT2D eigenvalue weighted by Gasteiger charge is -2.12. The Hall–Kier alpha value is -1.71. The summed E-state index contributed by atoms with van der Waals surface area (Å²) >= 11 is 0. The lowest BCUT2D eigenvalue weighted by molar-refractivity contribution is -0.136. The van der Waals surface area contributed by atoms with E-state index in [1.54, 1.807) is 12.1 Å². The number of nitrogens with two attached hydrogens (primary N) is 1. The summed E-state index contributed by atoms with van der Waals surface area (Å²) in [5.41, 5.74) is 7.27. The summed E-state index contributed by atoms with van der Waals surface area (Å²) in [6, 6.07) is 5.39. The number of rotatable bonds is 5. The molecule has 0 aliphatic heterocycles. The van der Waals surface area contributed by atoms with Gasteiger partial charge in [-0.15, -0.1) is 0 Å². The number of nitrogen functional groups attached to an aromatic ring is 1. The molecular formula is C12H17NO3. The number of aliphatic carboxylic acids is 1. The third-order valence-corrected chi connectivity index (χ3v) is 2.06. The molecule has 3 N–H and O–H groups in total. The van der Waals surface area contributed by atoms with Gasteiger partial charge in [0.1, 0.15) is 5.75 Å². The lowest BCUT2D eigenvalue weighted by atomic mass is 10.1. The summed E-state index contributed by atoms with van der Waals surface area (Å²) < 4.78 is 5.48. The van der Waals surface area contributed by atoms with Crippen molar-refractivity contribution in [1.29, 1.82) is 0 Å². The fourth-order valence-corrected chi connectivity index (χ4v) is 1.37. The van der Waals surface area contributed by atoms with Crippen LogP contribution >= 0.6 is 0 Å². The van der Waals surface area contributed by atoms with Gasteiger partial charge >= 0.3 is 5.97 Å². The Labute approximate surface area is 95.0 Å². The average Bonchev–Trinajstić information content (AvgIpc) is 2.18. The molecule has 0 amide bonds. The summed E-state index contributed by atoms with van der Waals surface area (Å²) in [7, 11) is 0. The molecular weight excluding hydrogens is 206 g/mol. The van der Waals surface area contributed by atoms with Crippen molar-refractivity contribution in [3.8, 4) is 5.75 Å². The normalized spacial score (nSPS) is 10.4. The van der Waals surface area contributed by atoms with Crippen LogP contribution in [-0.2, 0) is 11.2 Å². The largest absolute Gasteiger partial charge is 0.489 e. The molecule has 4 heteroatoms. The van der Waals surface area contributed by atoms with Gasteiger partial charge in [0.05, 0.1) is 11.8 Å². The number of aryl methyl sites for hydroxylation is 1. The number of hydrogen-bond acceptors (Lipinski definition) is 3. The monoisotopic (exact) mass is 223 g/mol. The number of carbonyl (C=O) groups is 1. The minimum atomic E-state index is -0.805. The third kappa shape index (κ3) is 3.81. The molecule has 0 aliphatic rings. The van der Waals surface area contributed by atoms with Crippen LogP contribution in [0, 0.1) is 0 Å². The second kappa shape index (κ2) is 5.39. The first kappa shape index (κ1) is 12.4. The highest BCUT2D eigenvalue weighted by Gasteiger charge is 2.05. The van der Waals surface area contributed by atoms with Crippen LogP contribution in [0.2, 0.25) is 0 Å². The van der Waals surface area contributed by atoms with Crippen LogP contribution in [0.25, 0.3) is 0 Å². The minimum absolute atomic E-state index is 0.0761. The van der Waals surface area contributed by atoms with Crippen molar-refractivity contribution >= 4 is 11.7 Å². The van der Waals surface area contributed by atoms with E-state index in [1.165, 1.54) is 0 Å². The van der Waals surface area contributed by atoms with Crippen molar-refractivity contribution in [1.82, 2.24) is 0 Å². The van der Waals surface area contributed by atoms with E-state index in [0.717, 1.165) is 5.56 Å². The molecule has 0 fully saturated rings. The quantitative estimate of drug-likeness (QED) is 0.749. The van der Waals surface area contributed by atoms with Crippen LogP contribution in [0.3, 0.4) is 0 Å². The predicted octanol–water partition coefficient (Wildman–Crippen LogP) is 2.07. The van der Waals surface area contributed by atoms with Crippen molar-refractivity contribution in [2.45, 2.75) is 32.8 Å². The van der Waals surface area contributed by atoms with Gasteiger partial charge in [-0.05, 0) is 38.0 Å². The Morgan fingerprint density at radius 3 is 2.69 bits per heavy atom. The maximum absolute atomic E-state index is 10.4. The second-order valence-electron chi connectivity index (χ2n) is 3.93. The molecule has 0 saturated heterocycles. The highest BCUT2D eigenvalue weighted by atomic mass is 16.5. The first-order chi connectivity index (χ1) is 7.49. The highest BCUT2D eigenvalue weighted by Crippen LogP contribution is 2.24. The van der Waals surface area contributed by atoms with Gasteiger partial charge in [0.2, 0.25) is 0 Å². The van der Waals surface area contributed by atoms with Crippen LogP contribution in [0.5, 0.6) is 5.75 Å². The number of hydrogen-bond donors (Lipinski definition) is 2. The van der Waals surface area contributed by atoms with E-state index in [2.05, 4.69) is 0 Å². The molecule has 0 aliphatic carbocycles. The molecule has 1 rings (SSSR count). The van der Waals surface area contributed by atoms with Crippen molar-refractivity contribution in [2.24, 2.45) is 0 Å². The highest BCUT2D eigenvalue weighted by molar-refractivity contribution is 5.67.